The average molecular weight is 175 g/mol. The topological polar surface area (TPSA) is 17.1 Å². The van der Waals surface area contributed by atoms with E-state index in [9.17, 15) is 4.79 Å². The molecule has 8 heavy (non-hydrogen) atoms. The zero-order valence-electron chi connectivity index (χ0n) is 3.85. The summed E-state index contributed by atoms with van der Waals surface area (Å²) in [6, 6.07) is 3.52. The second kappa shape index (κ2) is 2.44. The minimum absolute atomic E-state index is 0.285. The fourth-order valence-electron chi connectivity index (χ4n) is 0.380. The molecule has 0 amide bonds. The van der Waals surface area contributed by atoms with Crippen LogP contribution in [0.5, 0.6) is 0 Å². The van der Waals surface area contributed by atoms with Gasteiger partial charge in [0.15, 0.2) is 0 Å². The summed E-state index contributed by atoms with van der Waals surface area (Å²) in [5, 5.41) is 1.83. The number of carbonyl (C=O) groups excluding carboxylic acids is 1. The van der Waals surface area contributed by atoms with E-state index in [-0.39, 0.29) is 4.68 Å². The molecule has 0 aliphatic carbocycles. The van der Waals surface area contributed by atoms with E-state index in [1.54, 1.807) is 12.1 Å². The Balaban J connectivity index is 2.93. The molecule has 0 bridgehead atoms. The van der Waals surface area contributed by atoms with E-state index in [1.807, 2.05) is 5.38 Å². The Morgan fingerprint density at radius 1 is 1.75 bits per heavy atom. The van der Waals surface area contributed by atoms with Gasteiger partial charge in [-0.2, -0.15) is 0 Å². The summed E-state index contributed by atoms with van der Waals surface area (Å²) in [5.41, 5.74) is 0. The van der Waals surface area contributed by atoms with Crippen molar-refractivity contribution in [3.8, 4) is 0 Å². The fourth-order valence-corrected chi connectivity index (χ4v) is 1.17. The maximum atomic E-state index is 10.3. The molecule has 0 saturated carbocycles. The summed E-state index contributed by atoms with van der Waals surface area (Å²) >= 11 is 5.88. The Morgan fingerprint density at radius 3 is 2.75 bits per heavy atom. The summed E-state index contributed by atoms with van der Waals surface area (Å²) in [6.45, 7) is 0. The van der Waals surface area contributed by atoms with Gasteiger partial charge in [-0.05, 0) is 0 Å². The molecule has 0 spiro atoms. The van der Waals surface area contributed by atoms with Crippen LogP contribution >= 0.6 is 11.3 Å². The van der Waals surface area contributed by atoms with Crippen molar-refractivity contribution in [2.75, 3.05) is 0 Å². The van der Waals surface area contributed by atoms with Crippen LogP contribution in [-0.4, -0.2) is 4.68 Å². The fraction of sp³-hybridized carbons (Fsp3) is 0. The van der Waals surface area contributed by atoms with Crippen LogP contribution in [0.1, 0.15) is 9.67 Å². The first-order valence-electron chi connectivity index (χ1n) is 2.00. The minimum atomic E-state index is -0.285. The third-order valence-electron chi connectivity index (χ3n) is 0.696. The van der Waals surface area contributed by atoms with Gasteiger partial charge < -0.3 is 0 Å². The predicted octanol–water partition coefficient (Wildman–Crippen LogP) is 1.44. The van der Waals surface area contributed by atoms with Crippen LogP contribution in [0.2, 0.25) is 0 Å². The molecule has 0 fully saturated rings. The van der Waals surface area contributed by atoms with Crippen molar-refractivity contribution in [1.82, 2.24) is 0 Å². The molecular weight excluding hydrogens is 172 g/mol. The molecule has 3 heteroatoms. The number of hydrogen-bond acceptors (Lipinski definition) is 2. The quantitative estimate of drug-likeness (QED) is 0.589. The summed E-state index contributed by atoms with van der Waals surface area (Å²) in [4.78, 5) is 11.0. The van der Waals surface area contributed by atoms with Crippen LogP contribution in [0, 0.1) is 0 Å². The van der Waals surface area contributed by atoms with Crippen molar-refractivity contribution >= 4 is 16.0 Å². The molecule has 1 rings (SSSR count). The first-order chi connectivity index (χ1) is 3.80. The first-order valence-corrected chi connectivity index (χ1v) is 3.35. The van der Waals surface area contributed by atoms with Gasteiger partial charge in [0, 0.05) is 0 Å². The van der Waals surface area contributed by atoms with E-state index < -0.39 is 0 Å². The van der Waals surface area contributed by atoms with E-state index in [0.29, 0.717) is 4.88 Å². The molecule has 0 saturated heterocycles. The van der Waals surface area contributed by atoms with Crippen LogP contribution in [0.4, 0.5) is 0 Å². The molecule has 0 radical (unpaired) electrons. The third kappa shape index (κ3) is 1.19. The predicted molar refractivity (Wildman–Crippen MR) is 28.6 cm³/mol. The maximum absolute atomic E-state index is 10.3. The van der Waals surface area contributed by atoms with Gasteiger partial charge >= 0.3 is 59.2 Å². The van der Waals surface area contributed by atoms with E-state index in [1.165, 1.54) is 11.3 Å². The van der Waals surface area contributed by atoms with Gasteiger partial charge in [-0.3, -0.25) is 0 Å². The van der Waals surface area contributed by atoms with Gasteiger partial charge in [0.2, 0.25) is 0 Å². The van der Waals surface area contributed by atoms with E-state index in [0.717, 1.165) is 0 Å². The normalized spacial score (nSPS) is 9.25. The molecule has 46 valence electrons. The van der Waals surface area contributed by atoms with Crippen LogP contribution in [0.15, 0.2) is 17.5 Å². The van der Waals surface area contributed by atoms with Crippen LogP contribution in [0.3, 0.4) is 0 Å². The SMILES string of the molecule is O=[C]([Cu])c1cccs1. The van der Waals surface area contributed by atoms with Crippen molar-refractivity contribution in [3.05, 3.63) is 22.4 Å². The molecule has 0 aliphatic heterocycles. The van der Waals surface area contributed by atoms with Gasteiger partial charge in [0.1, 0.15) is 0 Å². The molecule has 0 N–H and O–H groups in total. The van der Waals surface area contributed by atoms with Crippen molar-refractivity contribution in [3.63, 3.8) is 0 Å². The Labute approximate surface area is 59.5 Å². The summed E-state index contributed by atoms with van der Waals surface area (Å²) in [6.07, 6.45) is 0. The Morgan fingerprint density at radius 2 is 2.50 bits per heavy atom. The van der Waals surface area contributed by atoms with Crippen molar-refractivity contribution < 1.29 is 20.8 Å². The Hall–Kier alpha value is -0.111. The third-order valence-corrected chi connectivity index (χ3v) is 1.95. The molecular formula is C5H3CuOS. The average Bonchev–Trinajstić information content (AvgIpc) is 2.12. The van der Waals surface area contributed by atoms with Crippen molar-refractivity contribution in [2.24, 2.45) is 0 Å². The Kier molecular flexibility index (Phi) is 1.84. The van der Waals surface area contributed by atoms with E-state index in [4.69, 9.17) is 0 Å². The van der Waals surface area contributed by atoms with Crippen molar-refractivity contribution in [2.45, 2.75) is 0 Å². The summed E-state index contributed by atoms with van der Waals surface area (Å²) in [5.74, 6) is 0. The van der Waals surface area contributed by atoms with Crippen LogP contribution in [0.25, 0.3) is 0 Å². The molecule has 0 aromatic carbocycles. The molecule has 0 atom stereocenters. The summed E-state index contributed by atoms with van der Waals surface area (Å²) < 4.78 is -0.285. The van der Waals surface area contributed by atoms with E-state index in [2.05, 4.69) is 16.0 Å². The number of hydrogen-bond donors (Lipinski definition) is 0. The van der Waals surface area contributed by atoms with Gasteiger partial charge in [-0.1, -0.05) is 0 Å². The molecule has 1 heterocycles. The molecule has 1 nitrogen and oxygen atoms in total. The second-order valence-electron chi connectivity index (χ2n) is 1.22. The zero-order chi connectivity index (χ0) is 5.98. The first kappa shape index (κ1) is 6.02. The van der Waals surface area contributed by atoms with Crippen LogP contribution < -0.4 is 0 Å². The number of thiophene rings is 1. The van der Waals surface area contributed by atoms with Crippen LogP contribution in [-0.2, 0) is 16.0 Å². The molecule has 0 unspecified atom stereocenters. The zero-order valence-corrected chi connectivity index (χ0v) is 5.61. The Bertz CT molecular complexity index is 180. The summed E-state index contributed by atoms with van der Waals surface area (Å²) in [7, 11) is 0. The molecule has 0 aliphatic rings. The second-order valence-corrected chi connectivity index (χ2v) is 2.59. The molecule has 1 aromatic heterocycles. The van der Waals surface area contributed by atoms with Gasteiger partial charge in [-0.25, -0.2) is 0 Å². The standard InChI is InChI=1S/C5H3OS.Cu/c6-4-5-2-1-3-7-5;/h1-3H;. The van der Waals surface area contributed by atoms with Gasteiger partial charge in [-0.15, -0.1) is 0 Å². The van der Waals surface area contributed by atoms with Gasteiger partial charge in [0.25, 0.3) is 0 Å². The van der Waals surface area contributed by atoms with Gasteiger partial charge in [0.05, 0.1) is 0 Å². The number of rotatable bonds is 1. The monoisotopic (exact) mass is 174 g/mol. The number of carbonyl (C=O) groups is 1. The van der Waals surface area contributed by atoms with Crippen molar-refractivity contribution in [1.29, 1.82) is 0 Å². The molecule has 1 aromatic rings. The van der Waals surface area contributed by atoms with E-state index >= 15 is 0 Å².